The lowest BCUT2D eigenvalue weighted by Crippen LogP contribution is -2.39. The molecule has 1 aromatic carbocycles. The van der Waals surface area contributed by atoms with E-state index in [9.17, 15) is 9.59 Å². The predicted molar refractivity (Wildman–Crippen MR) is 117 cm³/mol. The fourth-order valence-corrected chi connectivity index (χ4v) is 3.88. The van der Waals surface area contributed by atoms with Crippen LogP contribution in [0.1, 0.15) is 60.4 Å². The quantitative estimate of drug-likeness (QED) is 0.707. The third-order valence-corrected chi connectivity index (χ3v) is 5.57. The molecule has 4 rings (SSSR count). The van der Waals surface area contributed by atoms with Crippen molar-refractivity contribution in [3.63, 3.8) is 0 Å². The van der Waals surface area contributed by atoms with E-state index in [1.54, 1.807) is 42.9 Å². The number of benzene rings is 1. The lowest BCUT2D eigenvalue weighted by atomic mass is 9.99. The van der Waals surface area contributed by atoms with Gasteiger partial charge in [-0.05, 0) is 62.9 Å². The summed E-state index contributed by atoms with van der Waals surface area (Å²) in [6, 6.07) is 9.05. The third kappa shape index (κ3) is 4.06. The first-order chi connectivity index (χ1) is 14.4. The van der Waals surface area contributed by atoms with Gasteiger partial charge in [-0.2, -0.15) is 0 Å². The van der Waals surface area contributed by atoms with Crippen LogP contribution in [0, 0.1) is 5.92 Å². The molecule has 1 fully saturated rings. The maximum Gasteiger partial charge on any atom is 0.257 e. The third-order valence-electron chi connectivity index (χ3n) is 5.57. The van der Waals surface area contributed by atoms with Gasteiger partial charge in [-0.3, -0.25) is 9.59 Å². The van der Waals surface area contributed by atoms with Gasteiger partial charge in [-0.15, -0.1) is 0 Å². The molecular weight excluding hydrogens is 378 g/mol. The van der Waals surface area contributed by atoms with Crippen molar-refractivity contribution in [2.24, 2.45) is 5.92 Å². The van der Waals surface area contributed by atoms with E-state index in [-0.39, 0.29) is 17.9 Å². The van der Waals surface area contributed by atoms with Crippen molar-refractivity contribution in [2.45, 2.75) is 39.7 Å². The van der Waals surface area contributed by atoms with Gasteiger partial charge in [0, 0.05) is 36.6 Å². The van der Waals surface area contributed by atoms with Gasteiger partial charge in [0.05, 0.1) is 11.9 Å². The maximum atomic E-state index is 12.7. The summed E-state index contributed by atoms with van der Waals surface area (Å²) < 4.78 is 1.97. The van der Waals surface area contributed by atoms with Crippen LogP contribution in [0.3, 0.4) is 0 Å². The van der Waals surface area contributed by atoms with Crippen LogP contribution in [0.15, 0.2) is 42.9 Å². The van der Waals surface area contributed by atoms with Gasteiger partial charge >= 0.3 is 0 Å². The number of hydrogen-bond acceptors (Lipinski definition) is 4. The molecule has 1 atom stereocenters. The highest BCUT2D eigenvalue weighted by Crippen LogP contribution is 2.20. The molecule has 0 bridgehead atoms. The van der Waals surface area contributed by atoms with Gasteiger partial charge < -0.3 is 14.8 Å². The Morgan fingerprint density at radius 1 is 1.13 bits per heavy atom. The van der Waals surface area contributed by atoms with Crippen molar-refractivity contribution < 1.29 is 9.59 Å². The highest BCUT2D eigenvalue weighted by Gasteiger charge is 2.22. The molecule has 0 radical (unpaired) electrons. The van der Waals surface area contributed by atoms with E-state index >= 15 is 0 Å². The molecule has 1 unspecified atom stereocenters. The van der Waals surface area contributed by atoms with E-state index < -0.39 is 0 Å². The lowest BCUT2D eigenvalue weighted by molar-refractivity contribution is 0.0683. The normalized spacial score (nSPS) is 16.8. The summed E-state index contributed by atoms with van der Waals surface area (Å²) in [7, 11) is 0. The summed E-state index contributed by atoms with van der Waals surface area (Å²) >= 11 is 0. The van der Waals surface area contributed by atoms with Gasteiger partial charge in [0.1, 0.15) is 5.52 Å². The molecule has 30 heavy (non-hydrogen) atoms. The number of aromatic nitrogens is 3. The molecular formula is C23H27N5O2. The number of rotatable bonds is 4. The van der Waals surface area contributed by atoms with Crippen LogP contribution in [0.25, 0.3) is 11.2 Å². The maximum absolute atomic E-state index is 12.7. The zero-order chi connectivity index (χ0) is 21.3. The minimum atomic E-state index is -0.257. The largest absolute Gasteiger partial charge is 0.338 e. The summed E-state index contributed by atoms with van der Waals surface area (Å²) in [6.07, 6.45) is 5.53. The lowest BCUT2D eigenvalue weighted by Gasteiger charge is -2.31. The highest BCUT2D eigenvalue weighted by atomic mass is 16.2. The Kier molecular flexibility index (Phi) is 5.53. The Bertz CT molecular complexity index is 1070. The van der Waals surface area contributed by atoms with Crippen LogP contribution in [0.5, 0.6) is 0 Å². The molecule has 0 aliphatic carbocycles. The molecule has 2 aromatic heterocycles. The Morgan fingerprint density at radius 2 is 1.90 bits per heavy atom. The number of hydrogen-bond donors (Lipinski definition) is 1. The minimum absolute atomic E-state index is 0.0508. The first-order valence-corrected chi connectivity index (χ1v) is 10.5. The van der Waals surface area contributed by atoms with E-state index in [2.05, 4.69) is 36.1 Å². The summed E-state index contributed by atoms with van der Waals surface area (Å²) in [4.78, 5) is 36.0. The molecule has 156 valence electrons. The number of carbonyl (C=O) groups excluding carboxylic acids is 2. The summed E-state index contributed by atoms with van der Waals surface area (Å²) in [6.45, 7) is 7.91. The van der Waals surface area contributed by atoms with Gasteiger partial charge in [0.25, 0.3) is 11.8 Å². The molecule has 7 nitrogen and oxygen atoms in total. The van der Waals surface area contributed by atoms with Crippen molar-refractivity contribution in [1.29, 1.82) is 0 Å². The monoisotopic (exact) mass is 405 g/mol. The number of amides is 2. The average Bonchev–Trinajstić information content (AvgIpc) is 3.17. The molecule has 1 aliphatic heterocycles. The van der Waals surface area contributed by atoms with Gasteiger partial charge in [0.15, 0.2) is 5.65 Å². The molecule has 0 saturated carbocycles. The zero-order valence-corrected chi connectivity index (χ0v) is 17.6. The zero-order valence-electron chi connectivity index (χ0n) is 17.6. The Labute approximate surface area is 176 Å². The number of imidazole rings is 1. The smallest absolute Gasteiger partial charge is 0.257 e. The van der Waals surface area contributed by atoms with E-state index in [0.29, 0.717) is 28.2 Å². The predicted octanol–water partition coefficient (Wildman–Crippen LogP) is 4.14. The number of pyridine rings is 1. The number of anilines is 1. The van der Waals surface area contributed by atoms with Gasteiger partial charge in [-0.25, -0.2) is 9.97 Å². The summed E-state index contributed by atoms with van der Waals surface area (Å²) in [5.74, 6) is 0.335. The molecule has 0 spiro atoms. The van der Waals surface area contributed by atoms with Crippen LogP contribution >= 0.6 is 0 Å². The molecule has 1 saturated heterocycles. The number of carbonyl (C=O) groups is 2. The molecule has 7 heteroatoms. The number of nitrogens with zero attached hydrogens (tertiary/aromatic N) is 4. The molecule has 3 aromatic rings. The standard InChI is InChI=1S/C23H27N5O2/c1-15(2)28-14-25-20-11-18(12-24-21(20)28)22(29)26-19-8-6-17(7-9-19)23(30)27-10-4-5-16(3)13-27/h6-9,11-12,14-16H,4-5,10,13H2,1-3H3,(H,26,29). The van der Waals surface area contributed by atoms with Crippen LogP contribution in [-0.4, -0.2) is 44.3 Å². The number of likely N-dealkylation sites (tertiary alicyclic amines) is 1. The number of piperidine rings is 1. The Morgan fingerprint density at radius 3 is 2.60 bits per heavy atom. The van der Waals surface area contributed by atoms with Crippen LogP contribution in [0.2, 0.25) is 0 Å². The fourth-order valence-electron chi connectivity index (χ4n) is 3.88. The van der Waals surface area contributed by atoms with Gasteiger partial charge in [-0.1, -0.05) is 6.92 Å². The Hall–Kier alpha value is -3.22. The second-order valence-corrected chi connectivity index (χ2v) is 8.34. The fraction of sp³-hybridized carbons (Fsp3) is 0.391. The minimum Gasteiger partial charge on any atom is -0.338 e. The van der Waals surface area contributed by atoms with E-state index in [4.69, 9.17) is 0 Å². The first-order valence-electron chi connectivity index (χ1n) is 10.5. The second kappa shape index (κ2) is 8.26. The summed E-state index contributed by atoms with van der Waals surface area (Å²) in [5.41, 5.74) is 3.17. The molecule has 1 N–H and O–H groups in total. The van der Waals surface area contributed by atoms with Crippen LogP contribution < -0.4 is 5.32 Å². The summed E-state index contributed by atoms with van der Waals surface area (Å²) in [5, 5.41) is 2.87. The van der Waals surface area contributed by atoms with Gasteiger partial charge in [0.2, 0.25) is 0 Å². The first kappa shape index (κ1) is 20.1. The molecule has 3 heterocycles. The number of fused-ring (bicyclic) bond motifs is 1. The van der Waals surface area contributed by atoms with E-state index in [0.717, 1.165) is 25.2 Å². The molecule has 1 aliphatic rings. The van der Waals surface area contributed by atoms with E-state index in [1.807, 2.05) is 9.47 Å². The van der Waals surface area contributed by atoms with E-state index in [1.165, 1.54) is 6.42 Å². The van der Waals surface area contributed by atoms with Crippen LogP contribution in [-0.2, 0) is 0 Å². The molecule has 2 amide bonds. The van der Waals surface area contributed by atoms with Crippen molar-refractivity contribution >= 4 is 28.7 Å². The number of nitrogens with one attached hydrogen (secondary N) is 1. The van der Waals surface area contributed by atoms with Crippen molar-refractivity contribution in [3.05, 3.63) is 54.0 Å². The average molecular weight is 406 g/mol. The highest BCUT2D eigenvalue weighted by molar-refractivity contribution is 6.05. The Balaban J connectivity index is 1.44. The van der Waals surface area contributed by atoms with Crippen molar-refractivity contribution in [3.8, 4) is 0 Å². The van der Waals surface area contributed by atoms with Crippen LogP contribution in [0.4, 0.5) is 5.69 Å². The van der Waals surface area contributed by atoms with Crippen molar-refractivity contribution in [1.82, 2.24) is 19.4 Å². The SMILES string of the molecule is CC1CCCN(C(=O)c2ccc(NC(=O)c3cnc4c(c3)ncn4C(C)C)cc2)C1. The van der Waals surface area contributed by atoms with Crippen molar-refractivity contribution in [2.75, 3.05) is 18.4 Å². The second-order valence-electron chi connectivity index (χ2n) is 8.34. The topological polar surface area (TPSA) is 80.1 Å².